The fourth-order valence-electron chi connectivity index (χ4n) is 2.78. The molecule has 5 nitrogen and oxygen atoms in total. The highest BCUT2D eigenvalue weighted by atomic mass is 35.5. The molecule has 0 spiro atoms. The van der Waals surface area contributed by atoms with Crippen LogP contribution >= 0.6 is 11.6 Å². The first-order valence-corrected chi connectivity index (χ1v) is 9.13. The van der Waals surface area contributed by atoms with Gasteiger partial charge in [-0.15, -0.1) is 0 Å². The number of amides is 1. The summed E-state index contributed by atoms with van der Waals surface area (Å²) >= 11 is 6.13. The Labute approximate surface area is 168 Å². The molecule has 0 bridgehead atoms. The highest BCUT2D eigenvalue weighted by molar-refractivity contribution is 6.31. The fourth-order valence-corrected chi connectivity index (χ4v) is 2.96. The van der Waals surface area contributed by atoms with Gasteiger partial charge in [0.05, 0.1) is 0 Å². The van der Waals surface area contributed by atoms with Crippen molar-refractivity contribution < 1.29 is 18.7 Å². The molecular weight excluding hydrogens is 378 g/mol. The molecule has 1 aromatic heterocycles. The molecule has 1 atom stereocenters. The van der Waals surface area contributed by atoms with E-state index in [2.05, 4.69) is 5.32 Å². The molecular formula is C22H20ClNO4. The van der Waals surface area contributed by atoms with Crippen molar-refractivity contribution in [1.82, 2.24) is 0 Å². The molecule has 3 aromatic rings. The van der Waals surface area contributed by atoms with Crippen molar-refractivity contribution in [1.29, 1.82) is 0 Å². The van der Waals surface area contributed by atoms with E-state index in [1.165, 1.54) is 0 Å². The number of carbonyl (C=O) groups excluding carboxylic acids is 2. The van der Waals surface area contributed by atoms with Crippen LogP contribution in [0.25, 0.3) is 0 Å². The van der Waals surface area contributed by atoms with E-state index in [0.717, 1.165) is 5.56 Å². The first kappa shape index (κ1) is 19.7. The van der Waals surface area contributed by atoms with Gasteiger partial charge >= 0.3 is 5.97 Å². The summed E-state index contributed by atoms with van der Waals surface area (Å²) in [5.74, 6) is -0.0582. The second kappa shape index (κ2) is 8.31. The molecule has 0 saturated heterocycles. The molecule has 0 unspecified atom stereocenters. The molecule has 0 radical (unpaired) electrons. The smallest absolute Gasteiger partial charge is 0.342 e. The van der Waals surface area contributed by atoms with Gasteiger partial charge < -0.3 is 14.5 Å². The van der Waals surface area contributed by atoms with Gasteiger partial charge in [0, 0.05) is 16.3 Å². The molecule has 144 valence electrons. The standard InChI is InChI=1S/C22H20ClNO4/c1-13-9-10-17(12-19(13)23)24-21(25)20(16-7-5-4-6-8-16)28-22(26)18-11-14(2)27-15(18)3/h4-12,20H,1-3H3,(H,24,25)/t20-/m0/s1. The van der Waals surface area contributed by atoms with E-state index in [9.17, 15) is 9.59 Å². The van der Waals surface area contributed by atoms with Gasteiger partial charge in [-0.2, -0.15) is 0 Å². The Bertz CT molecular complexity index is 1010. The van der Waals surface area contributed by atoms with E-state index in [1.54, 1.807) is 62.4 Å². The van der Waals surface area contributed by atoms with Crippen molar-refractivity contribution in [3.05, 3.63) is 87.8 Å². The van der Waals surface area contributed by atoms with Crippen LogP contribution in [0.1, 0.15) is 39.1 Å². The predicted molar refractivity (Wildman–Crippen MR) is 108 cm³/mol. The summed E-state index contributed by atoms with van der Waals surface area (Å²) in [6.07, 6.45) is -1.12. The van der Waals surface area contributed by atoms with Crippen molar-refractivity contribution in [3.8, 4) is 0 Å². The highest BCUT2D eigenvalue weighted by Crippen LogP contribution is 2.25. The van der Waals surface area contributed by atoms with Crippen LogP contribution < -0.4 is 5.32 Å². The SMILES string of the molecule is Cc1cc(C(=O)O[C@H](C(=O)Nc2ccc(C)c(Cl)c2)c2ccccc2)c(C)o1. The third-order valence-corrected chi connectivity index (χ3v) is 4.67. The number of carbonyl (C=O) groups is 2. The number of esters is 1. The van der Waals surface area contributed by atoms with Crippen LogP contribution in [0.5, 0.6) is 0 Å². The summed E-state index contributed by atoms with van der Waals surface area (Å²) in [5.41, 5.74) is 2.28. The van der Waals surface area contributed by atoms with Gasteiger partial charge in [0.1, 0.15) is 17.1 Å². The zero-order valence-corrected chi connectivity index (χ0v) is 16.5. The first-order valence-electron chi connectivity index (χ1n) is 8.75. The molecule has 0 saturated carbocycles. The number of hydrogen-bond donors (Lipinski definition) is 1. The van der Waals surface area contributed by atoms with E-state index < -0.39 is 18.0 Å². The van der Waals surface area contributed by atoms with Gasteiger partial charge in [0.25, 0.3) is 5.91 Å². The summed E-state index contributed by atoms with van der Waals surface area (Å²) in [5, 5.41) is 3.30. The minimum Gasteiger partial charge on any atom is -0.466 e. The number of ether oxygens (including phenoxy) is 1. The molecule has 3 rings (SSSR count). The van der Waals surface area contributed by atoms with E-state index >= 15 is 0 Å². The summed E-state index contributed by atoms with van der Waals surface area (Å²) < 4.78 is 10.9. The number of rotatable bonds is 5. The van der Waals surface area contributed by atoms with Crippen LogP contribution in [-0.2, 0) is 9.53 Å². The lowest BCUT2D eigenvalue weighted by molar-refractivity contribution is -0.125. The van der Waals surface area contributed by atoms with Crippen molar-refractivity contribution in [2.24, 2.45) is 0 Å². The zero-order chi connectivity index (χ0) is 20.3. The quantitative estimate of drug-likeness (QED) is 0.585. The number of aryl methyl sites for hydroxylation is 3. The van der Waals surface area contributed by atoms with Crippen LogP contribution in [0, 0.1) is 20.8 Å². The molecule has 1 N–H and O–H groups in total. The lowest BCUT2D eigenvalue weighted by Gasteiger charge is -2.18. The van der Waals surface area contributed by atoms with Gasteiger partial charge in [-0.25, -0.2) is 4.79 Å². The molecule has 1 heterocycles. The third kappa shape index (κ3) is 4.43. The predicted octanol–water partition coefficient (Wildman–Crippen LogP) is 5.40. The van der Waals surface area contributed by atoms with Gasteiger partial charge in [0.2, 0.25) is 6.10 Å². The van der Waals surface area contributed by atoms with E-state index in [0.29, 0.717) is 33.4 Å². The van der Waals surface area contributed by atoms with E-state index in [4.69, 9.17) is 20.8 Å². The number of nitrogens with one attached hydrogen (secondary N) is 1. The monoisotopic (exact) mass is 397 g/mol. The molecule has 0 aliphatic carbocycles. The van der Waals surface area contributed by atoms with Gasteiger partial charge in [-0.3, -0.25) is 4.79 Å². The second-order valence-electron chi connectivity index (χ2n) is 6.48. The van der Waals surface area contributed by atoms with Crippen LogP contribution in [0.4, 0.5) is 5.69 Å². The Hall–Kier alpha value is -3.05. The molecule has 1 amide bonds. The van der Waals surface area contributed by atoms with Crippen LogP contribution in [0.2, 0.25) is 5.02 Å². The van der Waals surface area contributed by atoms with Crippen molar-refractivity contribution in [3.63, 3.8) is 0 Å². The minimum absolute atomic E-state index is 0.296. The van der Waals surface area contributed by atoms with E-state index in [1.807, 2.05) is 13.0 Å². The van der Waals surface area contributed by atoms with Crippen LogP contribution in [0.15, 0.2) is 59.0 Å². The molecule has 0 aliphatic rings. The van der Waals surface area contributed by atoms with Gasteiger partial charge in [0.15, 0.2) is 0 Å². The number of benzene rings is 2. The molecule has 2 aromatic carbocycles. The Morgan fingerprint density at radius 1 is 1.04 bits per heavy atom. The molecule has 0 fully saturated rings. The third-order valence-electron chi connectivity index (χ3n) is 4.27. The Morgan fingerprint density at radius 2 is 1.75 bits per heavy atom. The van der Waals surface area contributed by atoms with Crippen molar-refractivity contribution in [2.75, 3.05) is 5.32 Å². The van der Waals surface area contributed by atoms with Crippen LogP contribution in [0.3, 0.4) is 0 Å². The topological polar surface area (TPSA) is 68.5 Å². The number of halogens is 1. The Kier molecular flexibility index (Phi) is 5.85. The number of furan rings is 1. The number of hydrogen-bond acceptors (Lipinski definition) is 4. The molecule has 6 heteroatoms. The summed E-state index contributed by atoms with van der Waals surface area (Å²) in [4.78, 5) is 25.5. The zero-order valence-electron chi connectivity index (χ0n) is 15.8. The highest BCUT2D eigenvalue weighted by Gasteiger charge is 2.27. The lowest BCUT2D eigenvalue weighted by Crippen LogP contribution is -2.26. The average molecular weight is 398 g/mol. The maximum absolute atomic E-state index is 12.9. The average Bonchev–Trinajstić information content (AvgIpc) is 3.01. The largest absolute Gasteiger partial charge is 0.466 e. The maximum atomic E-state index is 12.9. The Balaban J connectivity index is 1.86. The van der Waals surface area contributed by atoms with Crippen molar-refractivity contribution >= 4 is 29.2 Å². The van der Waals surface area contributed by atoms with Crippen molar-refractivity contribution in [2.45, 2.75) is 26.9 Å². The lowest BCUT2D eigenvalue weighted by atomic mass is 10.1. The summed E-state index contributed by atoms with van der Waals surface area (Å²) in [7, 11) is 0. The first-order chi connectivity index (χ1) is 13.3. The van der Waals surface area contributed by atoms with E-state index in [-0.39, 0.29) is 0 Å². The Morgan fingerprint density at radius 3 is 2.36 bits per heavy atom. The van der Waals surface area contributed by atoms with Gasteiger partial charge in [-0.1, -0.05) is 48.0 Å². The molecule has 0 aliphatic heterocycles. The number of anilines is 1. The minimum atomic E-state index is -1.12. The normalized spacial score (nSPS) is 11.7. The summed E-state index contributed by atoms with van der Waals surface area (Å²) in [6.45, 7) is 5.29. The van der Waals surface area contributed by atoms with Crippen LogP contribution in [-0.4, -0.2) is 11.9 Å². The molecule has 28 heavy (non-hydrogen) atoms. The maximum Gasteiger partial charge on any atom is 0.342 e. The van der Waals surface area contributed by atoms with Gasteiger partial charge in [-0.05, 0) is 44.5 Å². The summed E-state index contributed by atoms with van der Waals surface area (Å²) in [6, 6.07) is 15.6. The second-order valence-corrected chi connectivity index (χ2v) is 6.88. The fraction of sp³-hybridized carbons (Fsp3) is 0.182.